The summed E-state index contributed by atoms with van der Waals surface area (Å²) in [6.45, 7) is 8.25. The molecule has 2 aromatic rings. The summed E-state index contributed by atoms with van der Waals surface area (Å²) in [6, 6.07) is 8.37. The molecule has 0 bridgehead atoms. The van der Waals surface area contributed by atoms with Crippen LogP contribution < -0.4 is 4.74 Å². The van der Waals surface area contributed by atoms with Gasteiger partial charge in [-0.2, -0.15) is 0 Å². The Morgan fingerprint density at radius 3 is 2.80 bits per heavy atom. The molecule has 30 heavy (non-hydrogen) atoms. The number of piperidine rings is 1. The van der Waals surface area contributed by atoms with Gasteiger partial charge in [0.2, 0.25) is 0 Å². The number of ether oxygens (including phenoxy) is 1. The van der Waals surface area contributed by atoms with Crippen LogP contribution in [0.25, 0.3) is 10.9 Å². The van der Waals surface area contributed by atoms with Crippen molar-refractivity contribution in [1.82, 2.24) is 9.88 Å². The number of hydrogen-bond donors (Lipinski definition) is 0. The van der Waals surface area contributed by atoms with Gasteiger partial charge in [0.15, 0.2) is 0 Å². The first-order valence-electron chi connectivity index (χ1n) is 12.0. The number of pyridine rings is 1. The molecule has 3 heteroatoms. The van der Waals surface area contributed by atoms with Crippen LogP contribution in [-0.2, 0) is 6.42 Å². The summed E-state index contributed by atoms with van der Waals surface area (Å²) >= 11 is 0. The van der Waals surface area contributed by atoms with Gasteiger partial charge >= 0.3 is 0 Å². The van der Waals surface area contributed by atoms with E-state index in [1.54, 1.807) is 12.7 Å². The van der Waals surface area contributed by atoms with Crippen molar-refractivity contribution in [2.75, 3.05) is 26.7 Å². The fourth-order valence-corrected chi connectivity index (χ4v) is 4.84. The van der Waals surface area contributed by atoms with Crippen LogP contribution >= 0.6 is 0 Å². The zero-order valence-electron chi connectivity index (χ0n) is 19.3. The molecule has 1 fully saturated rings. The highest BCUT2D eigenvalue weighted by Gasteiger charge is 2.22. The predicted molar refractivity (Wildman–Crippen MR) is 128 cm³/mol. The van der Waals surface area contributed by atoms with Gasteiger partial charge in [-0.1, -0.05) is 44.3 Å². The minimum absolute atomic E-state index is 0.758. The summed E-state index contributed by atoms with van der Waals surface area (Å²) in [5.74, 6) is 1.67. The third kappa shape index (κ3) is 6.31. The van der Waals surface area contributed by atoms with Crippen LogP contribution in [0.15, 0.2) is 42.1 Å². The van der Waals surface area contributed by atoms with E-state index in [0.717, 1.165) is 23.6 Å². The summed E-state index contributed by atoms with van der Waals surface area (Å²) in [7, 11) is 1.73. The number of unbranched alkanes of at least 4 members (excludes halogenated alkanes) is 4. The minimum Gasteiger partial charge on any atom is -0.497 e. The van der Waals surface area contributed by atoms with Gasteiger partial charge in [0.05, 0.1) is 12.6 Å². The van der Waals surface area contributed by atoms with Crippen molar-refractivity contribution in [2.45, 2.75) is 71.6 Å². The molecule has 1 aromatic carbocycles. The molecule has 1 saturated heterocycles. The number of rotatable bonds is 11. The number of benzene rings is 1. The average Bonchev–Trinajstić information content (AvgIpc) is 2.79. The summed E-state index contributed by atoms with van der Waals surface area (Å²) in [6.07, 6.45) is 16.2. The quantitative estimate of drug-likeness (QED) is 0.302. The maximum absolute atomic E-state index is 5.42. The minimum atomic E-state index is 0.758. The first kappa shape index (κ1) is 22.8. The zero-order chi connectivity index (χ0) is 21.2. The van der Waals surface area contributed by atoms with E-state index in [4.69, 9.17) is 4.74 Å². The molecule has 3 rings (SSSR count). The van der Waals surface area contributed by atoms with Crippen molar-refractivity contribution < 1.29 is 4.74 Å². The van der Waals surface area contributed by atoms with Crippen LogP contribution in [0.1, 0.15) is 70.8 Å². The molecule has 1 aliphatic rings. The van der Waals surface area contributed by atoms with Crippen LogP contribution in [0, 0.1) is 5.92 Å². The first-order chi connectivity index (χ1) is 14.7. The second kappa shape index (κ2) is 12.1. The third-order valence-electron chi connectivity index (χ3n) is 6.71. The smallest absolute Gasteiger partial charge is 0.119 e. The van der Waals surface area contributed by atoms with Gasteiger partial charge in [0.1, 0.15) is 5.75 Å². The molecule has 0 amide bonds. The summed E-state index contributed by atoms with van der Waals surface area (Å²) in [5, 5.41) is 1.24. The Balaban J connectivity index is 1.49. The van der Waals surface area contributed by atoms with E-state index in [9.17, 15) is 0 Å². The standard InChI is InChI=1S/C27H40N2O/c1-4-6-7-8-9-18-29-19-16-23(22(5-2)21-29)11-10-12-24-15-17-28-27-14-13-25(30-3)20-26(24)27/h5,13-15,17,20,23H,4,6-12,16,18-19,21H2,1-3H3/t23-/m1/s1. The lowest BCUT2D eigenvalue weighted by atomic mass is 9.86. The normalized spacial score (nSPS) is 18.9. The molecule has 0 saturated carbocycles. The lowest BCUT2D eigenvalue weighted by molar-refractivity contribution is 0.223. The lowest BCUT2D eigenvalue weighted by Crippen LogP contribution is -2.36. The molecule has 0 radical (unpaired) electrons. The topological polar surface area (TPSA) is 25.4 Å². The Morgan fingerprint density at radius 1 is 1.13 bits per heavy atom. The van der Waals surface area contributed by atoms with Crippen LogP contribution in [-0.4, -0.2) is 36.6 Å². The number of likely N-dealkylation sites (tertiary alicyclic amines) is 1. The van der Waals surface area contributed by atoms with E-state index in [0.29, 0.717) is 0 Å². The molecule has 164 valence electrons. The molecule has 2 heterocycles. The Bertz CT molecular complexity index is 814. The third-order valence-corrected chi connectivity index (χ3v) is 6.71. The van der Waals surface area contributed by atoms with Crippen molar-refractivity contribution >= 4 is 10.9 Å². The van der Waals surface area contributed by atoms with Crippen LogP contribution in [0.3, 0.4) is 0 Å². The van der Waals surface area contributed by atoms with E-state index in [2.05, 4.69) is 48.0 Å². The fraction of sp³-hybridized carbons (Fsp3) is 0.593. The second-order valence-electron chi connectivity index (χ2n) is 8.78. The summed E-state index contributed by atoms with van der Waals surface area (Å²) in [4.78, 5) is 7.20. The predicted octanol–water partition coefficient (Wildman–Crippen LogP) is 6.80. The highest BCUT2D eigenvalue weighted by atomic mass is 16.5. The summed E-state index contributed by atoms with van der Waals surface area (Å²) < 4.78 is 5.42. The number of hydrogen-bond acceptors (Lipinski definition) is 3. The van der Waals surface area contributed by atoms with Gasteiger partial charge in [0, 0.05) is 18.1 Å². The Labute approximate surface area is 183 Å². The van der Waals surface area contributed by atoms with Gasteiger partial charge in [-0.25, -0.2) is 0 Å². The Kier molecular flexibility index (Phi) is 9.20. The number of aromatic nitrogens is 1. The van der Waals surface area contributed by atoms with Gasteiger partial charge in [-0.15, -0.1) is 0 Å². The maximum atomic E-state index is 5.42. The van der Waals surface area contributed by atoms with Crippen molar-refractivity contribution in [3.63, 3.8) is 0 Å². The number of aryl methyl sites for hydroxylation is 1. The highest BCUT2D eigenvalue weighted by molar-refractivity contribution is 5.83. The molecule has 0 spiro atoms. The van der Waals surface area contributed by atoms with Crippen LogP contribution in [0.5, 0.6) is 5.75 Å². The van der Waals surface area contributed by atoms with Gasteiger partial charge in [-0.05, 0) is 87.9 Å². The number of nitrogens with zero attached hydrogens (tertiary/aromatic N) is 2. The monoisotopic (exact) mass is 408 g/mol. The molecule has 1 aromatic heterocycles. The molecule has 0 aliphatic carbocycles. The van der Waals surface area contributed by atoms with E-state index < -0.39 is 0 Å². The maximum Gasteiger partial charge on any atom is 0.119 e. The molecule has 1 atom stereocenters. The average molecular weight is 409 g/mol. The van der Waals surface area contributed by atoms with Gasteiger partial charge in [-0.3, -0.25) is 9.88 Å². The summed E-state index contributed by atoms with van der Waals surface area (Å²) in [5.41, 5.74) is 4.12. The number of fused-ring (bicyclic) bond motifs is 1. The largest absolute Gasteiger partial charge is 0.497 e. The van der Waals surface area contributed by atoms with Gasteiger partial charge in [0.25, 0.3) is 0 Å². The number of allylic oxidation sites excluding steroid dienone is 1. The molecule has 3 nitrogen and oxygen atoms in total. The first-order valence-corrected chi connectivity index (χ1v) is 12.0. The van der Waals surface area contributed by atoms with E-state index in [1.165, 1.54) is 82.0 Å². The molecule has 1 aliphatic heterocycles. The Morgan fingerprint density at radius 2 is 2.00 bits per heavy atom. The lowest BCUT2D eigenvalue weighted by Gasteiger charge is -2.34. The van der Waals surface area contributed by atoms with Crippen molar-refractivity contribution in [3.05, 3.63) is 47.7 Å². The van der Waals surface area contributed by atoms with Gasteiger partial charge < -0.3 is 4.74 Å². The SMILES string of the molecule is CC=C1CN(CCCCCCC)CC[C@H]1CCCc1ccnc2ccc(OC)cc12. The Hall–Kier alpha value is -1.87. The van der Waals surface area contributed by atoms with Crippen molar-refractivity contribution in [3.8, 4) is 5.75 Å². The number of methoxy groups -OCH3 is 1. The van der Waals surface area contributed by atoms with Crippen LogP contribution in [0.4, 0.5) is 0 Å². The van der Waals surface area contributed by atoms with Crippen LogP contribution in [0.2, 0.25) is 0 Å². The molecular formula is C27H40N2O. The molecule has 0 unspecified atom stereocenters. The van der Waals surface area contributed by atoms with E-state index in [-0.39, 0.29) is 0 Å². The molecular weight excluding hydrogens is 368 g/mol. The fourth-order valence-electron chi connectivity index (χ4n) is 4.84. The molecule has 0 N–H and O–H groups in total. The van der Waals surface area contributed by atoms with E-state index >= 15 is 0 Å². The van der Waals surface area contributed by atoms with E-state index in [1.807, 2.05) is 12.3 Å². The zero-order valence-corrected chi connectivity index (χ0v) is 19.3. The van der Waals surface area contributed by atoms with Crippen molar-refractivity contribution in [1.29, 1.82) is 0 Å². The second-order valence-corrected chi connectivity index (χ2v) is 8.78. The highest BCUT2D eigenvalue weighted by Crippen LogP contribution is 2.29. The van der Waals surface area contributed by atoms with Crippen molar-refractivity contribution in [2.24, 2.45) is 5.92 Å².